The molecule has 0 aliphatic heterocycles. The second-order valence-corrected chi connectivity index (χ2v) is 6.78. The molecule has 7 heteroatoms. The molecule has 0 bridgehead atoms. The molecule has 0 saturated carbocycles. The van der Waals surface area contributed by atoms with Gasteiger partial charge in [0, 0.05) is 6.54 Å². The molecule has 2 N–H and O–H groups in total. The zero-order valence-corrected chi connectivity index (χ0v) is 16.4. The minimum atomic E-state index is -0.898. The molecule has 2 aromatic rings. The lowest BCUT2D eigenvalue weighted by molar-refractivity contribution is -0.150. The number of carbonyl (C=O) groups is 3. The number of rotatable bonds is 9. The van der Waals surface area contributed by atoms with Gasteiger partial charge in [-0.15, -0.1) is 0 Å². The summed E-state index contributed by atoms with van der Waals surface area (Å²) in [7, 11) is 0. The highest BCUT2D eigenvalue weighted by Crippen LogP contribution is 2.14. The summed E-state index contributed by atoms with van der Waals surface area (Å²) in [6.45, 7) is 5.80. The van der Waals surface area contributed by atoms with Crippen molar-refractivity contribution in [2.45, 2.75) is 39.2 Å². The highest BCUT2D eigenvalue weighted by Gasteiger charge is 2.20. The summed E-state index contributed by atoms with van der Waals surface area (Å²) in [5.41, 5.74) is 2.39. The Morgan fingerprint density at radius 1 is 1.07 bits per heavy atom. The molecule has 0 aliphatic carbocycles. The van der Waals surface area contributed by atoms with Crippen LogP contribution in [0.2, 0.25) is 0 Å². The van der Waals surface area contributed by atoms with Crippen LogP contribution < -0.4 is 10.6 Å². The lowest BCUT2D eigenvalue weighted by atomic mass is 10.0. The average Bonchev–Trinajstić information content (AvgIpc) is 3.21. The Kier molecular flexibility index (Phi) is 7.80. The Bertz CT molecular complexity index is 782. The SMILES string of the molecule is CC(C)c1ccc(CCNC(=O)COC(=O)[C@H](C)NC(=O)c2ccco2)cc1. The normalized spacial score (nSPS) is 11.7. The van der Waals surface area contributed by atoms with Crippen LogP contribution in [0.25, 0.3) is 0 Å². The molecule has 0 fully saturated rings. The second kappa shape index (κ2) is 10.3. The van der Waals surface area contributed by atoms with E-state index in [1.165, 1.54) is 24.8 Å². The first-order chi connectivity index (χ1) is 13.4. The van der Waals surface area contributed by atoms with Gasteiger partial charge in [0.25, 0.3) is 11.8 Å². The van der Waals surface area contributed by atoms with Crippen molar-refractivity contribution < 1.29 is 23.5 Å². The quantitative estimate of drug-likeness (QED) is 0.645. The van der Waals surface area contributed by atoms with Crippen LogP contribution in [0, 0.1) is 0 Å². The summed E-state index contributed by atoms with van der Waals surface area (Å²) in [5.74, 6) is -1.04. The Labute approximate surface area is 164 Å². The Morgan fingerprint density at radius 3 is 2.39 bits per heavy atom. The summed E-state index contributed by atoms with van der Waals surface area (Å²) >= 11 is 0. The van der Waals surface area contributed by atoms with Crippen LogP contribution in [0.4, 0.5) is 0 Å². The number of hydrogen-bond donors (Lipinski definition) is 2. The van der Waals surface area contributed by atoms with Gasteiger partial charge in [0.05, 0.1) is 6.26 Å². The van der Waals surface area contributed by atoms with E-state index < -0.39 is 30.4 Å². The van der Waals surface area contributed by atoms with Crippen LogP contribution >= 0.6 is 0 Å². The number of furan rings is 1. The van der Waals surface area contributed by atoms with E-state index in [1.54, 1.807) is 6.07 Å². The molecule has 0 aliphatic rings. The molecule has 0 spiro atoms. The molecular formula is C21H26N2O5. The van der Waals surface area contributed by atoms with Gasteiger partial charge in [0.2, 0.25) is 0 Å². The maximum Gasteiger partial charge on any atom is 0.328 e. The third-order valence-corrected chi connectivity index (χ3v) is 4.17. The number of hydrogen-bond acceptors (Lipinski definition) is 5. The predicted molar refractivity (Wildman–Crippen MR) is 104 cm³/mol. The fraction of sp³-hybridized carbons (Fsp3) is 0.381. The van der Waals surface area contributed by atoms with Crippen molar-refractivity contribution in [3.8, 4) is 0 Å². The van der Waals surface area contributed by atoms with Gasteiger partial charge >= 0.3 is 5.97 Å². The molecule has 0 unspecified atom stereocenters. The highest BCUT2D eigenvalue weighted by atomic mass is 16.5. The minimum absolute atomic E-state index is 0.0961. The topological polar surface area (TPSA) is 97.6 Å². The van der Waals surface area contributed by atoms with Gasteiger partial charge < -0.3 is 19.8 Å². The van der Waals surface area contributed by atoms with E-state index in [-0.39, 0.29) is 5.76 Å². The minimum Gasteiger partial charge on any atom is -0.459 e. The zero-order valence-electron chi connectivity index (χ0n) is 16.4. The number of esters is 1. The first-order valence-corrected chi connectivity index (χ1v) is 9.23. The van der Waals surface area contributed by atoms with Crippen molar-refractivity contribution >= 4 is 17.8 Å². The number of ether oxygens (including phenoxy) is 1. The van der Waals surface area contributed by atoms with Crippen LogP contribution in [0.1, 0.15) is 48.4 Å². The molecule has 0 radical (unpaired) electrons. The molecule has 28 heavy (non-hydrogen) atoms. The molecule has 2 amide bonds. The third kappa shape index (κ3) is 6.57. The highest BCUT2D eigenvalue weighted by molar-refractivity contribution is 5.94. The van der Waals surface area contributed by atoms with Crippen molar-refractivity contribution in [1.29, 1.82) is 0 Å². The van der Waals surface area contributed by atoms with Crippen LogP contribution in [-0.4, -0.2) is 37.0 Å². The van der Waals surface area contributed by atoms with Gasteiger partial charge in [0.1, 0.15) is 6.04 Å². The molecule has 1 atom stereocenters. The van der Waals surface area contributed by atoms with Gasteiger partial charge in [-0.3, -0.25) is 9.59 Å². The van der Waals surface area contributed by atoms with E-state index in [4.69, 9.17) is 9.15 Å². The van der Waals surface area contributed by atoms with E-state index >= 15 is 0 Å². The van der Waals surface area contributed by atoms with Crippen molar-refractivity contribution in [2.24, 2.45) is 0 Å². The van der Waals surface area contributed by atoms with E-state index in [0.29, 0.717) is 18.9 Å². The van der Waals surface area contributed by atoms with Gasteiger partial charge in [-0.05, 0) is 42.5 Å². The largest absolute Gasteiger partial charge is 0.459 e. The standard InChI is InChI=1S/C21H26N2O5/c1-14(2)17-8-6-16(7-9-17)10-11-22-19(24)13-28-21(26)15(3)23-20(25)18-5-4-12-27-18/h4-9,12,14-15H,10-11,13H2,1-3H3,(H,22,24)(H,23,25)/t15-/m0/s1. The van der Waals surface area contributed by atoms with Gasteiger partial charge in [-0.2, -0.15) is 0 Å². The van der Waals surface area contributed by atoms with Crippen LogP contribution in [0.15, 0.2) is 47.1 Å². The van der Waals surface area contributed by atoms with Crippen LogP contribution in [-0.2, 0) is 20.7 Å². The number of amides is 2. The summed E-state index contributed by atoms with van der Waals surface area (Å²) in [5, 5.41) is 5.15. The average molecular weight is 386 g/mol. The fourth-order valence-corrected chi connectivity index (χ4v) is 2.46. The van der Waals surface area contributed by atoms with Gasteiger partial charge in [-0.1, -0.05) is 38.1 Å². The number of benzene rings is 1. The van der Waals surface area contributed by atoms with E-state index in [2.05, 4.69) is 36.6 Å². The molecule has 0 saturated heterocycles. The third-order valence-electron chi connectivity index (χ3n) is 4.17. The van der Waals surface area contributed by atoms with Crippen molar-refractivity contribution in [2.75, 3.05) is 13.2 Å². The van der Waals surface area contributed by atoms with Crippen molar-refractivity contribution in [3.63, 3.8) is 0 Å². The Balaban J connectivity index is 1.65. The zero-order chi connectivity index (χ0) is 20.5. The monoisotopic (exact) mass is 386 g/mol. The smallest absolute Gasteiger partial charge is 0.328 e. The van der Waals surface area contributed by atoms with E-state index in [1.807, 2.05) is 12.1 Å². The second-order valence-electron chi connectivity index (χ2n) is 6.78. The van der Waals surface area contributed by atoms with Crippen LogP contribution in [0.5, 0.6) is 0 Å². The summed E-state index contributed by atoms with van der Waals surface area (Å²) in [6, 6.07) is 10.4. The number of nitrogens with one attached hydrogen (secondary N) is 2. The Morgan fingerprint density at radius 2 is 1.79 bits per heavy atom. The molecule has 2 rings (SSSR count). The van der Waals surface area contributed by atoms with Gasteiger partial charge in [-0.25, -0.2) is 4.79 Å². The van der Waals surface area contributed by atoms with E-state index in [0.717, 1.165) is 5.56 Å². The molecule has 1 aromatic carbocycles. The first-order valence-electron chi connectivity index (χ1n) is 9.23. The van der Waals surface area contributed by atoms with Crippen LogP contribution in [0.3, 0.4) is 0 Å². The van der Waals surface area contributed by atoms with Crippen molar-refractivity contribution in [1.82, 2.24) is 10.6 Å². The summed E-state index contributed by atoms with van der Waals surface area (Å²) < 4.78 is 9.88. The lowest BCUT2D eigenvalue weighted by Gasteiger charge is -2.12. The molecule has 1 heterocycles. The lowest BCUT2D eigenvalue weighted by Crippen LogP contribution is -2.41. The van der Waals surface area contributed by atoms with E-state index in [9.17, 15) is 14.4 Å². The predicted octanol–water partition coefficient (Wildman–Crippen LogP) is 2.42. The fourth-order valence-electron chi connectivity index (χ4n) is 2.46. The molecule has 7 nitrogen and oxygen atoms in total. The maximum atomic E-state index is 11.9. The maximum absolute atomic E-state index is 11.9. The van der Waals surface area contributed by atoms with Crippen molar-refractivity contribution in [3.05, 3.63) is 59.5 Å². The number of carbonyl (C=O) groups excluding carboxylic acids is 3. The first kappa shape index (κ1) is 21.2. The molecule has 150 valence electrons. The summed E-state index contributed by atoms with van der Waals surface area (Å²) in [6.07, 6.45) is 2.05. The molecular weight excluding hydrogens is 360 g/mol. The molecule has 1 aromatic heterocycles. The summed E-state index contributed by atoms with van der Waals surface area (Å²) in [4.78, 5) is 35.5. The van der Waals surface area contributed by atoms with Gasteiger partial charge in [0.15, 0.2) is 12.4 Å². The Hall–Kier alpha value is -3.09.